The number of carbonyl (C=O) groups is 1. The van der Waals surface area contributed by atoms with Crippen molar-refractivity contribution in [3.8, 4) is 0 Å². The Bertz CT molecular complexity index is 529. The van der Waals surface area contributed by atoms with Crippen LogP contribution in [0.2, 0.25) is 0 Å². The van der Waals surface area contributed by atoms with Crippen LogP contribution in [0.5, 0.6) is 0 Å². The number of carbonyl (C=O) groups excluding carboxylic acids is 1. The normalized spacial score (nSPS) is 23.1. The molecule has 1 fully saturated rings. The SMILES string of the molecule is CCC(CNC(=O)C1COCCN1)N1CCc2ccccc2C1. The lowest BCUT2D eigenvalue weighted by Gasteiger charge is -2.35. The lowest BCUT2D eigenvalue weighted by Crippen LogP contribution is -2.54. The minimum atomic E-state index is -0.205. The van der Waals surface area contributed by atoms with Crippen LogP contribution in [0.4, 0.5) is 0 Å². The summed E-state index contributed by atoms with van der Waals surface area (Å²) >= 11 is 0. The minimum absolute atomic E-state index is 0.0561. The second kappa shape index (κ2) is 7.90. The third-order valence-corrected chi connectivity index (χ3v) is 4.90. The maximum Gasteiger partial charge on any atom is 0.239 e. The Hall–Kier alpha value is -1.43. The molecule has 5 heteroatoms. The summed E-state index contributed by atoms with van der Waals surface area (Å²) in [5.41, 5.74) is 2.89. The summed E-state index contributed by atoms with van der Waals surface area (Å²) in [5.74, 6) is 0.0561. The van der Waals surface area contributed by atoms with Gasteiger partial charge in [-0.3, -0.25) is 9.69 Å². The number of nitrogens with zero attached hydrogens (tertiary/aromatic N) is 1. The van der Waals surface area contributed by atoms with E-state index < -0.39 is 0 Å². The number of hydrogen-bond acceptors (Lipinski definition) is 4. The molecule has 126 valence electrons. The molecule has 1 aromatic rings. The highest BCUT2D eigenvalue weighted by Crippen LogP contribution is 2.21. The molecule has 2 atom stereocenters. The number of hydrogen-bond donors (Lipinski definition) is 2. The Labute approximate surface area is 138 Å². The number of rotatable bonds is 5. The first-order valence-electron chi connectivity index (χ1n) is 8.67. The van der Waals surface area contributed by atoms with Crippen molar-refractivity contribution in [3.05, 3.63) is 35.4 Å². The third kappa shape index (κ3) is 4.10. The predicted octanol–water partition coefficient (Wildman–Crippen LogP) is 0.928. The van der Waals surface area contributed by atoms with Crippen molar-refractivity contribution in [3.63, 3.8) is 0 Å². The molecule has 1 saturated heterocycles. The van der Waals surface area contributed by atoms with E-state index >= 15 is 0 Å². The average molecular weight is 317 g/mol. The highest BCUT2D eigenvalue weighted by molar-refractivity contribution is 5.82. The van der Waals surface area contributed by atoms with Gasteiger partial charge in [-0.1, -0.05) is 31.2 Å². The zero-order valence-electron chi connectivity index (χ0n) is 13.9. The number of morpholine rings is 1. The van der Waals surface area contributed by atoms with E-state index in [2.05, 4.69) is 46.7 Å². The van der Waals surface area contributed by atoms with E-state index in [1.54, 1.807) is 0 Å². The molecule has 0 aromatic heterocycles. The fraction of sp³-hybridized carbons (Fsp3) is 0.611. The van der Waals surface area contributed by atoms with E-state index in [0.717, 1.165) is 32.5 Å². The van der Waals surface area contributed by atoms with Crippen LogP contribution in [0.1, 0.15) is 24.5 Å². The fourth-order valence-electron chi connectivity index (χ4n) is 3.44. The number of nitrogens with one attached hydrogen (secondary N) is 2. The largest absolute Gasteiger partial charge is 0.378 e. The van der Waals surface area contributed by atoms with E-state index in [1.807, 2.05) is 0 Å². The van der Waals surface area contributed by atoms with Crippen LogP contribution < -0.4 is 10.6 Å². The second-order valence-electron chi connectivity index (χ2n) is 6.38. The van der Waals surface area contributed by atoms with Gasteiger partial charge >= 0.3 is 0 Å². The Kier molecular flexibility index (Phi) is 5.65. The van der Waals surface area contributed by atoms with Gasteiger partial charge in [0.25, 0.3) is 0 Å². The van der Waals surface area contributed by atoms with Crippen molar-refractivity contribution in [2.45, 2.75) is 38.4 Å². The molecular formula is C18H27N3O2. The molecule has 2 N–H and O–H groups in total. The summed E-state index contributed by atoms with van der Waals surface area (Å²) in [7, 11) is 0. The van der Waals surface area contributed by atoms with E-state index in [1.165, 1.54) is 11.1 Å². The van der Waals surface area contributed by atoms with Gasteiger partial charge in [-0.15, -0.1) is 0 Å². The smallest absolute Gasteiger partial charge is 0.239 e. The lowest BCUT2D eigenvalue weighted by molar-refractivity contribution is -0.126. The van der Waals surface area contributed by atoms with Crippen LogP contribution in [-0.4, -0.2) is 55.7 Å². The summed E-state index contributed by atoms with van der Waals surface area (Å²) in [4.78, 5) is 14.7. The van der Waals surface area contributed by atoms with Gasteiger partial charge < -0.3 is 15.4 Å². The quantitative estimate of drug-likeness (QED) is 0.848. The predicted molar refractivity (Wildman–Crippen MR) is 90.3 cm³/mol. The van der Waals surface area contributed by atoms with Gasteiger partial charge in [0.15, 0.2) is 0 Å². The first-order chi connectivity index (χ1) is 11.3. The first-order valence-corrected chi connectivity index (χ1v) is 8.67. The first kappa shape index (κ1) is 16.4. The molecule has 0 spiro atoms. The highest BCUT2D eigenvalue weighted by Gasteiger charge is 2.25. The van der Waals surface area contributed by atoms with Gasteiger partial charge in [-0.25, -0.2) is 0 Å². The van der Waals surface area contributed by atoms with Crippen molar-refractivity contribution in [1.82, 2.24) is 15.5 Å². The molecule has 0 radical (unpaired) electrons. The maximum atomic E-state index is 12.2. The number of amides is 1. The van der Waals surface area contributed by atoms with Gasteiger partial charge in [-0.05, 0) is 24.0 Å². The molecule has 2 heterocycles. The highest BCUT2D eigenvalue weighted by atomic mass is 16.5. The van der Waals surface area contributed by atoms with Crippen LogP contribution in [-0.2, 0) is 22.5 Å². The molecule has 0 aliphatic carbocycles. The molecular weight excluding hydrogens is 290 g/mol. The minimum Gasteiger partial charge on any atom is -0.378 e. The van der Waals surface area contributed by atoms with Gasteiger partial charge in [0.1, 0.15) is 6.04 Å². The Morgan fingerprint density at radius 1 is 1.43 bits per heavy atom. The second-order valence-corrected chi connectivity index (χ2v) is 6.38. The van der Waals surface area contributed by atoms with Crippen molar-refractivity contribution in [2.24, 2.45) is 0 Å². The fourth-order valence-corrected chi connectivity index (χ4v) is 3.44. The molecule has 2 unspecified atom stereocenters. The van der Waals surface area contributed by atoms with Gasteiger partial charge in [0, 0.05) is 32.2 Å². The van der Waals surface area contributed by atoms with E-state index in [-0.39, 0.29) is 11.9 Å². The molecule has 2 aliphatic heterocycles. The van der Waals surface area contributed by atoms with Gasteiger partial charge in [-0.2, -0.15) is 0 Å². The van der Waals surface area contributed by atoms with Crippen LogP contribution in [0.3, 0.4) is 0 Å². The van der Waals surface area contributed by atoms with Crippen LogP contribution >= 0.6 is 0 Å². The topological polar surface area (TPSA) is 53.6 Å². The monoisotopic (exact) mass is 317 g/mol. The summed E-state index contributed by atoms with van der Waals surface area (Å²) in [5, 5.41) is 6.30. The molecule has 0 bridgehead atoms. The van der Waals surface area contributed by atoms with Crippen LogP contribution in [0.25, 0.3) is 0 Å². The molecule has 23 heavy (non-hydrogen) atoms. The van der Waals surface area contributed by atoms with E-state index in [9.17, 15) is 4.79 Å². The lowest BCUT2D eigenvalue weighted by atomic mass is 9.98. The zero-order chi connectivity index (χ0) is 16.1. The van der Waals surface area contributed by atoms with Gasteiger partial charge in [0.2, 0.25) is 5.91 Å². The molecule has 3 rings (SSSR count). The zero-order valence-corrected chi connectivity index (χ0v) is 13.9. The molecule has 1 aromatic carbocycles. The molecule has 5 nitrogen and oxygen atoms in total. The van der Waals surface area contributed by atoms with Crippen molar-refractivity contribution in [2.75, 3.05) is 32.8 Å². The van der Waals surface area contributed by atoms with E-state index in [0.29, 0.717) is 25.8 Å². The molecule has 1 amide bonds. The number of fused-ring (bicyclic) bond motifs is 1. The molecule has 2 aliphatic rings. The Morgan fingerprint density at radius 3 is 3.00 bits per heavy atom. The van der Waals surface area contributed by atoms with Crippen molar-refractivity contribution < 1.29 is 9.53 Å². The Morgan fingerprint density at radius 2 is 2.26 bits per heavy atom. The third-order valence-electron chi connectivity index (χ3n) is 4.90. The van der Waals surface area contributed by atoms with E-state index in [4.69, 9.17) is 4.74 Å². The van der Waals surface area contributed by atoms with Crippen molar-refractivity contribution in [1.29, 1.82) is 0 Å². The maximum absolute atomic E-state index is 12.2. The van der Waals surface area contributed by atoms with Crippen LogP contribution in [0.15, 0.2) is 24.3 Å². The number of ether oxygens (including phenoxy) is 1. The summed E-state index contributed by atoms with van der Waals surface area (Å²) in [6, 6.07) is 8.85. The summed E-state index contributed by atoms with van der Waals surface area (Å²) < 4.78 is 5.36. The van der Waals surface area contributed by atoms with Crippen LogP contribution in [0, 0.1) is 0 Å². The summed E-state index contributed by atoms with van der Waals surface area (Å²) in [6.45, 7) is 6.85. The standard InChI is InChI=1S/C18H27N3O2/c1-2-16(11-20-18(22)17-13-23-10-8-19-17)21-9-7-14-5-3-4-6-15(14)12-21/h3-6,16-17,19H,2,7-13H2,1H3,(H,20,22). The summed E-state index contributed by atoms with van der Waals surface area (Å²) in [6.07, 6.45) is 2.13. The number of benzene rings is 1. The average Bonchev–Trinajstić information content (AvgIpc) is 2.62. The van der Waals surface area contributed by atoms with Gasteiger partial charge in [0.05, 0.1) is 13.2 Å². The van der Waals surface area contributed by atoms with Crippen molar-refractivity contribution >= 4 is 5.91 Å². The molecule has 0 saturated carbocycles. The Balaban J connectivity index is 1.53.